The molecule has 0 aromatic heterocycles. The predicted octanol–water partition coefficient (Wildman–Crippen LogP) is 5.76. The van der Waals surface area contributed by atoms with E-state index in [0.717, 1.165) is 37.9 Å². The molecule has 4 aromatic carbocycles. The van der Waals surface area contributed by atoms with Gasteiger partial charge in [0.1, 0.15) is 15.8 Å². The smallest absolute Gasteiger partial charge is 0.247 e. The number of carbonyl (C=O) groups excluding carboxylic acids is 3. The molecule has 8 rings (SSSR count). The fraction of sp³-hybridized carbons (Fsp3) is 0.194. The van der Waals surface area contributed by atoms with Crippen LogP contribution in [0.1, 0.15) is 29.2 Å². The zero-order chi connectivity index (χ0) is 26.4. The quantitative estimate of drug-likeness (QED) is 0.265. The summed E-state index contributed by atoms with van der Waals surface area (Å²) in [5, 5.41) is 4.76. The van der Waals surface area contributed by atoms with Crippen molar-refractivity contribution in [3.05, 3.63) is 113 Å². The van der Waals surface area contributed by atoms with E-state index in [9.17, 15) is 14.4 Å². The van der Waals surface area contributed by atoms with Crippen LogP contribution in [0.2, 0.25) is 0 Å². The van der Waals surface area contributed by atoms with Gasteiger partial charge in [-0.1, -0.05) is 84.9 Å². The van der Waals surface area contributed by atoms with Crippen LogP contribution in [0.25, 0.3) is 10.8 Å². The number of imide groups is 1. The summed E-state index contributed by atoms with van der Waals surface area (Å²) in [4.78, 5) is 40.2. The van der Waals surface area contributed by atoms with Crippen molar-refractivity contribution in [1.82, 2.24) is 4.90 Å². The molecule has 188 valence electrons. The van der Waals surface area contributed by atoms with Gasteiger partial charge >= 0.3 is 0 Å². The van der Waals surface area contributed by atoms with E-state index in [2.05, 4.69) is 5.32 Å². The lowest BCUT2D eigenvalue weighted by atomic mass is 9.54. The lowest BCUT2D eigenvalue weighted by Gasteiger charge is -2.54. The van der Waals surface area contributed by atoms with Crippen LogP contribution in [-0.2, 0) is 24.1 Å². The Hall–Kier alpha value is -3.67. The van der Waals surface area contributed by atoms with E-state index in [4.69, 9.17) is 23.2 Å². The van der Waals surface area contributed by atoms with Crippen LogP contribution in [0, 0.1) is 11.8 Å². The van der Waals surface area contributed by atoms with E-state index in [1.807, 2.05) is 84.9 Å². The molecule has 4 aliphatic rings. The molecule has 3 atom stereocenters. The van der Waals surface area contributed by atoms with Gasteiger partial charge in [0.15, 0.2) is 0 Å². The maximum absolute atomic E-state index is 14.1. The molecule has 1 N–H and O–H groups in total. The molecule has 1 heterocycles. The van der Waals surface area contributed by atoms with Gasteiger partial charge in [0.25, 0.3) is 0 Å². The summed E-state index contributed by atoms with van der Waals surface area (Å²) in [6.07, 6.45) is 0. The molecule has 3 amide bonds. The van der Waals surface area contributed by atoms with Gasteiger partial charge in [-0.3, -0.25) is 19.3 Å². The average molecular weight is 541 g/mol. The molecule has 38 heavy (non-hydrogen) atoms. The minimum absolute atomic E-state index is 0.462. The number of anilines is 1. The number of likely N-dealkylation sites (tertiary alicyclic amines) is 1. The van der Waals surface area contributed by atoms with Crippen LogP contribution in [-0.4, -0.2) is 28.7 Å². The Labute approximate surface area is 229 Å². The first-order chi connectivity index (χ1) is 18.3. The van der Waals surface area contributed by atoms with E-state index in [-0.39, 0.29) is 0 Å². The second-order valence-electron chi connectivity index (χ2n) is 10.2. The number of nitrogens with zero attached hydrogens (tertiary/aromatic N) is 1. The Morgan fingerprint density at radius 2 is 1.18 bits per heavy atom. The Kier molecular flexibility index (Phi) is 4.89. The van der Waals surface area contributed by atoms with Crippen LogP contribution < -0.4 is 5.32 Å². The molecule has 3 aliphatic carbocycles. The summed E-state index contributed by atoms with van der Waals surface area (Å²) in [5.74, 6) is -3.30. The van der Waals surface area contributed by atoms with Crippen LogP contribution in [0.4, 0.5) is 5.69 Å². The fourth-order valence-electron chi connectivity index (χ4n) is 6.76. The highest BCUT2D eigenvalue weighted by Gasteiger charge is 2.73. The summed E-state index contributed by atoms with van der Waals surface area (Å²) in [5.41, 5.74) is 3.53. The molecule has 5 nitrogen and oxygen atoms in total. The van der Waals surface area contributed by atoms with Gasteiger partial charge in [-0.15, -0.1) is 23.2 Å². The third-order valence-corrected chi connectivity index (χ3v) is 9.72. The summed E-state index contributed by atoms with van der Waals surface area (Å²) in [6, 6.07) is 27.2. The predicted molar refractivity (Wildman–Crippen MR) is 147 cm³/mol. The standard InChI is InChI=1S/C31H22Cl2N2O3/c1-17(27(36)34-24-16-8-10-18-9-2-3-11-19(18)24)35-28(37)25-26(29(35)38)31(33)21-13-5-4-12-20(21)30(25,32)22-14-6-7-15-23(22)31/h2-17,25-26H,1H3,(H,34,36)/t17-,25+,26+,30?,31?/m1/s1. The van der Waals surface area contributed by atoms with Gasteiger partial charge in [0.05, 0.1) is 11.8 Å². The van der Waals surface area contributed by atoms with Crippen LogP contribution in [0.5, 0.6) is 0 Å². The molecule has 1 fully saturated rings. The third-order valence-electron chi connectivity index (χ3n) is 8.43. The van der Waals surface area contributed by atoms with Crippen molar-refractivity contribution in [3.8, 4) is 0 Å². The Morgan fingerprint density at radius 3 is 1.71 bits per heavy atom. The van der Waals surface area contributed by atoms with Gasteiger partial charge in [-0.2, -0.15) is 0 Å². The maximum Gasteiger partial charge on any atom is 0.247 e. The number of alkyl halides is 2. The fourth-order valence-corrected chi connectivity index (χ4v) is 7.86. The highest BCUT2D eigenvalue weighted by atomic mass is 35.5. The van der Waals surface area contributed by atoms with Gasteiger partial charge in [0.2, 0.25) is 17.7 Å². The highest BCUT2D eigenvalue weighted by molar-refractivity contribution is 6.36. The third kappa shape index (κ3) is 2.75. The lowest BCUT2D eigenvalue weighted by molar-refractivity contribution is -0.146. The second kappa shape index (κ2) is 7.92. The van der Waals surface area contributed by atoms with Crippen molar-refractivity contribution in [2.45, 2.75) is 22.7 Å². The largest absolute Gasteiger partial charge is 0.324 e. The zero-order valence-electron chi connectivity index (χ0n) is 20.3. The van der Waals surface area contributed by atoms with Crippen molar-refractivity contribution in [2.75, 3.05) is 5.32 Å². The molecule has 1 aliphatic heterocycles. The van der Waals surface area contributed by atoms with Crippen molar-refractivity contribution < 1.29 is 14.4 Å². The van der Waals surface area contributed by atoms with E-state index in [1.165, 1.54) is 0 Å². The zero-order valence-corrected chi connectivity index (χ0v) is 21.8. The lowest BCUT2D eigenvalue weighted by Crippen LogP contribution is -2.57. The first kappa shape index (κ1) is 23.4. The van der Waals surface area contributed by atoms with Gasteiger partial charge < -0.3 is 5.32 Å². The number of hydrogen-bond donors (Lipinski definition) is 1. The summed E-state index contributed by atoms with van der Waals surface area (Å²) < 4.78 is 0. The Morgan fingerprint density at radius 1 is 0.737 bits per heavy atom. The number of amides is 3. The number of fused-ring (bicyclic) bond motifs is 1. The molecule has 0 saturated carbocycles. The van der Waals surface area contributed by atoms with Crippen LogP contribution >= 0.6 is 23.2 Å². The van der Waals surface area contributed by atoms with E-state index in [1.54, 1.807) is 13.0 Å². The van der Waals surface area contributed by atoms with Crippen molar-refractivity contribution in [1.29, 1.82) is 0 Å². The molecule has 0 radical (unpaired) electrons. The second-order valence-corrected chi connectivity index (χ2v) is 11.4. The number of rotatable bonds is 3. The molecule has 0 spiro atoms. The molecular formula is C31H22Cl2N2O3. The number of hydrogen-bond acceptors (Lipinski definition) is 3. The van der Waals surface area contributed by atoms with Crippen LogP contribution in [0.15, 0.2) is 91.0 Å². The minimum Gasteiger partial charge on any atom is -0.324 e. The van der Waals surface area contributed by atoms with Gasteiger partial charge in [-0.05, 0) is 40.6 Å². The van der Waals surface area contributed by atoms with Gasteiger partial charge in [0, 0.05) is 11.1 Å². The summed E-state index contributed by atoms with van der Waals surface area (Å²) in [7, 11) is 0. The molecule has 7 heteroatoms. The maximum atomic E-state index is 14.1. The van der Waals surface area contributed by atoms with E-state index < -0.39 is 45.3 Å². The number of benzene rings is 4. The number of halogens is 2. The normalized spacial score (nSPS) is 27.6. The summed E-state index contributed by atoms with van der Waals surface area (Å²) >= 11 is 14.9. The molecular weight excluding hydrogens is 519 g/mol. The molecule has 1 saturated heterocycles. The number of carbonyl (C=O) groups is 3. The molecule has 0 unspecified atom stereocenters. The van der Waals surface area contributed by atoms with E-state index in [0.29, 0.717) is 5.69 Å². The average Bonchev–Trinajstić information content (AvgIpc) is 3.22. The minimum atomic E-state index is -1.28. The highest BCUT2D eigenvalue weighted by Crippen LogP contribution is 2.69. The Bertz CT molecular complexity index is 1570. The number of nitrogens with one attached hydrogen (secondary N) is 1. The van der Waals surface area contributed by atoms with Crippen LogP contribution in [0.3, 0.4) is 0 Å². The molecule has 2 bridgehead atoms. The monoisotopic (exact) mass is 540 g/mol. The van der Waals surface area contributed by atoms with Crippen molar-refractivity contribution in [2.24, 2.45) is 11.8 Å². The van der Waals surface area contributed by atoms with Crippen molar-refractivity contribution >= 4 is 57.4 Å². The first-order valence-corrected chi connectivity index (χ1v) is 13.3. The van der Waals surface area contributed by atoms with Crippen molar-refractivity contribution in [3.63, 3.8) is 0 Å². The topological polar surface area (TPSA) is 66.5 Å². The van der Waals surface area contributed by atoms with Gasteiger partial charge in [-0.25, -0.2) is 0 Å². The Balaban J connectivity index is 1.31. The molecule has 4 aromatic rings. The summed E-state index contributed by atoms with van der Waals surface area (Å²) in [6.45, 7) is 1.57. The SMILES string of the molecule is C[C@H](C(=O)Nc1cccc2ccccc12)N1C(=O)[C@@H]2[C@@H](C1=O)C1(Cl)c3ccccc3C2(Cl)c2ccccc21. The first-order valence-electron chi connectivity index (χ1n) is 12.5. The van der Waals surface area contributed by atoms with E-state index >= 15 is 0 Å².